The van der Waals surface area contributed by atoms with Gasteiger partial charge in [0.05, 0.1) is 24.1 Å². The molecule has 40 heavy (non-hydrogen) atoms. The molecule has 1 aromatic carbocycles. The molecule has 2 aromatic rings. The quantitative estimate of drug-likeness (QED) is 0.590. The lowest BCUT2D eigenvalue weighted by molar-refractivity contribution is -0.151. The summed E-state index contributed by atoms with van der Waals surface area (Å²) in [6.07, 6.45) is 15.7. The lowest BCUT2D eigenvalue weighted by Crippen LogP contribution is -2.73. The molecule has 8 nitrogen and oxygen atoms in total. The van der Waals surface area contributed by atoms with Crippen molar-refractivity contribution >= 4 is 22.8 Å². The number of carboxylic acid groups (broad SMARTS) is 1. The third-order valence-corrected chi connectivity index (χ3v) is 11.4. The maximum Gasteiger partial charge on any atom is 0.327 e. The van der Waals surface area contributed by atoms with E-state index in [4.69, 9.17) is 4.98 Å². The number of fused-ring (bicyclic) bond motifs is 5. The van der Waals surface area contributed by atoms with Crippen LogP contribution < -0.4 is 10.5 Å². The topological polar surface area (TPSA) is 81.9 Å². The van der Waals surface area contributed by atoms with Gasteiger partial charge in [-0.15, -0.1) is 0 Å². The van der Waals surface area contributed by atoms with Crippen LogP contribution in [0.4, 0.5) is 5.82 Å². The summed E-state index contributed by atoms with van der Waals surface area (Å²) in [6, 6.07) is 9.97. The number of aromatic nitrogens is 2. The number of likely N-dealkylation sites (N-methyl/N-ethyl adjacent to an activating group) is 1. The van der Waals surface area contributed by atoms with Crippen LogP contribution in [0.5, 0.6) is 0 Å². The summed E-state index contributed by atoms with van der Waals surface area (Å²) >= 11 is 0. The van der Waals surface area contributed by atoms with Gasteiger partial charge in [0.25, 0.3) is 5.56 Å². The van der Waals surface area contributed by atoms with Gasteiger partial charge in [-0.1, -0.05) is 44.2 Å². The van der Waals surface area contributed by atoms with E-state index in [0.717, 1.165) is 41.8 Å². The van der Waals surface area contributed by atoms with Crippen LogP contribution in [-0.2, 0) is 4.79 Å². The minimum absolute atomic E-state index is 0.0587. The highest BCUT2D eigenvalue weighted by atomic mass is 16.4. The monoisotopic (exact) mass is 547 g/mol. The van der Waals surface area contributed by atoms with Crippen molar-refractivity contribution in [1.29, 1.82) is 0 Å². The van der Waals surface area contributed by atoms with Gasteiger partial charge in [-0.2, -0.15) is 0 Å². The second-order valence-electron chi connectivity index (χ2n) is 13.9. The van der Waals surface area contributed by atoms with Crippen molar-refractivity contribution in [2.24, 2.45) is 11.8 Å². The number of anilines is 1. The molecule has 5 fully saturated rings. The summed E-state index contributed by atoms with van der Waals surface area (Å²) in [4.78, 5) is 37.7. The van der Waals surface area contributed by atoms with Gasteiger partial charge in [0.1, 0.15) is 0 Å². The highest BCUT2D eigenvalue weighted by Gasteiger charge is 2.53. The molecule has 0 spiro atoms. The van der Waals surface area contributed by atoms with E-state index in [9.17, 15) is 14.7 Å². The highest BCUT2D eigenvalue weighted by Crippen LogP contribution is 2.47. The first-order chi connectivity index (χ1) is 19.3. The van der Waals surface area contributed by atoms with Gasteiger partial charge in [-0.3, -0.25) is 19.4 Å². The van der Waals surface area contributed by atoms with Crippen molar-refractivity contribution in [1.82, 2.24) is 19.4 Å². The molecule has 3 aliphatic heterocycles. The Labute approximate surface area is 237 Å². The molecular formula is C32H45N5O3. The molecular weight excluding hydrogens is 502 g/mol. The number of rotatable bonds is 5. The van der Waals surface area contributed by atoms with Crippen molar-refractivity contribution in [3.63, 3.8) is 0 Å². The molecule has 216 valence electrons. The van der Waals surface area contributed by atoms with Gasteiger partial charge in [0, 0.05) is 24.2 Å². The normalized spacial score (nSPS) is 33.9. The van der Waals surface area contributed by atoms with Crippen LogP contribution >= 0.6 is 0 Å². The van der Waals surface area contributed by atoms with E-state index in [1.165, 1.54) is 64.2 Å². The Morgan fingerprint density at radius 3 is 2.15 bits per heavy atom. The van der Waals surface area contributed by atoms with Crippen LogP contribution in [0.3, 0.4) is 0 Å². The largest absolute Gasteiger partial charge is 0.480 e. The number of hydrogen-bond donors (Lipinski definition) is 1. The molecule has 1 aromatic heterocycles. The third kappa shape index (κ3) is 4.28. The summed E-state index contributed by atoms with van der Waals surface area (Å²) in [6.45, 7) is 0.535. The lowest BCUT2D eigenvalue weighted by atomic mass is 9.73. The number of carboxylic acids is 1. The van der Waals surface area contributed by atoms with Crippen LogP contribution in [-0.4, -0.2) is 81.3 Å². The molecule has 1 N–H and O–H groups in total. The molecule has 2 aliphatic carbocycles. The number of para-hydroxylation sites is 2. The third-order valence-electron chi connectivity index (χ3n) is 11.4. The molecule has 7 rings (SSSR count). The van der Waals surface area contributed by atoms with Gasteiger partial charge >= 0.3 is 5.97 Å². The molecule has 6 atom stereocenters. The fourth-order valence-corrected chi connectivity index (χ4v) is 9.36. The van der Waals surface area contributed by atoms with Crippen LogP contribution in [0.25, 0.3) is 11.0 Å². The molecule has 2 saturated carbocycles. The van der Waals surface area contributed by atoms with Crippen LogP contribution in [0.1, 0.15) is 83.1 Å². The molecule has 0 amide bonds. The van der Waals surface area contributed by atoms with Gasteiger partial charge in [0.2, 0.25) is 0 Å². The van der Waals surface area contributed by atoms with E-state index in [0.29, 0.717) is 17.9 Å². The van der Waals surface area contributed by atoms with E-state index in [-0.39, 0.29) is 24.7 Å². The number of carbonyl (C=O) groups is 1. The molecule has 0 radical (unpaired) electrons. The van der Waals surface area contributed by atoms with Crippen LogP contribution in [0, 0.1) is 11.8 Å². The molecule has 4 heterocycles. The molecule has 5 aliphatic rings. The van der Waals surface area contributed by atoms with Crippen molar-refractivity contribution in [3.8, 4) is 0 Å². The van der Waals surface area contributed by atoms with E-state index in [1.807, 2.05) is 29.2 Å². The Bertz CT molecular complexity index is 1310. The van der Waals surface area contributed by atoms with Gasteiger partial charge in [-0.05, 0) is 83.0 Å². The van der Waals surface area contributed by atoms with Crippen molar-refractivity contribution < 1.29 is 9.90 Å². The Balaban J connectivity index is 1.20. The molecule has 8 heteroatoms. The number of hydrogen-bond acceptors (Lipinski definition) is 6. The number of piperidine rings is 2. The average molecular weight is 548 g/mol. The van der Waals surface area contributed by atoms with E-state index < -0.39 is 11.5 Å². The second kappa shape index (κ2) is 10.1. The summed E-state index contributed by atoms with van der Waals surface area (Å²) in [7, 11) is 3.59. The maximum absolute atomic E-state index is 14.2. The number of benzene rings is 1. The first-order valence-electron chi connectivity index (χ1n) is 15.8. The zero-order valence-corrected chi connectivity index (χ0v) is 24.2. The second-order valence-corrected chi connectivity index (χ2v) is 13.9. The summed E-state index contributed by atoms with van der Waals surface area (Å²) < 4.78 is 2.05. The number of nitrogens with zero attached hydrogens (tertiary/aromatic N) is 5. The van der Waals surface area contributed by atoms with E-state index >= 15 is 0 Å². The fraction of sp³-hybridized carbons (Fsp3) is 0.719. The average Bonchev–Trinajstić information content (AvgIpc) is 3.06. The lowest BCUT2D eigenvalue weighted by Gasteiger charge is -2.55. The zero-order valence-electron chi connectivity index (χ0n) is 24.2. The minimum Gasteiger partial charge on any atom is -0.480 e. The Morgan fingerprint density at radius 1 is 0.875 bits per heavy atom. The van der Waals surface area contributed by atoms with Gasteiger partial charge < -0.3 is 14.6 Å². The Morgan fingerprint density at radius 2 is 1.52 bits per heavy atom. The first-order valence-corrected chi connectivity index (χ1v) is 15.8. The molecule has 0 unspecified atom stereocenters. The van der Waals surface area contributed by atoms with Crippen molar-refractivity contribution in [2.45, 2.75) is 107 Å². The maximum atomic E-state index is 14.2. The predicted molar refractivity (Wildman–Crippen MR) is 157 cm³/mol. The summed E-state index contributed by atoms with van der Waals surface area (Å²) in [5, 5.41) is 9.93. The van der Waals surface area contributed by atoms with Crippen LogP contribution in [0.15, 0.2) is 29.1 Å². The van der Waals surface area contributed by atoms with E-state index in [1.54, 1.807) is 19.0 Å². The Hall–Kier alpha value is -2.45. The highest BCUT2D eigenvalue weighted by molar-refractivity contribution is 5.84. The SMILES string of the molecule is CN(C)C1(C(=O)O)CN(c2nc3ccccc3n([C@@H]3C[C@H]4CCC[C@@H](C3)N4[C@@H]3C[C@@H]4CCCC[C@@H](C4)C3)c2=O)C1. The van der Waals surface area contributed by atoms with Crippen LogP contribution in [0.2, 0.25) is 0 Å². The first kappa shape index (κ1) is 26.4. The smallest absolute Gasteiger partial charge is 0.327 e. The minimum atomic E-state index is -0.982. The molecule has 3 saturated heterocycles. The van der Waals surface area contributed by atoms with Gasteiger partial charge in [0.15, 0.2) is 11.4 Å². The van der Waals surface area contributed by atoms with Gasteiger partial charge in [-0.25, -0.2) is 4.98 Å². The zero-order chi connectivity index (χ0) is 27.6. The summed E-state index contributed by atoms with van der Waals surface area (Å²) in [5.41, 5.74) is 0.689. The number of aliphatic carboxylic acids is 1. The summed E-state index contributed by atoms with van der Waals surface area (Å²) in [5.74, 6) is 1.38. The Kier molecular flexibility index (Phi) is 6.69. The van der Waals surface area contributed by atoms with Crippen molar-refractivity contribution in [2.75, 3.05) is 32.1 Å². The standard InChI is InChI=1S/C32H45N5O3/c1-34(2)32(31(39)40)19-35(20-32)29-30(38)37(28-13-6-5-12-27(28)33-29)26-17-23-10-7-11-24(18-26)36(23)25-15-21-8-3-4-9-22(14-21)16-25/h5-6,12-13,21-26H,3-4,7-11,14-20H2,1-2H3,(H,39,40)/t21-,22+,23-,24+,25-,26-. The van der Waals surface area contributed by atoms with Crippen molar-refractivity contribution in [3.05, 3.63) is 34.6 Å². The molecule has 4 bridgehead atoms. The predicted octanol–water partition coefficient (Wildman–Crippen LogP) is 4.52. The fourth-order valence-electron chi connectivity index (χ4n) is 9.36. The van der Waals surface area contributed by atoms with E-state index in [2.05, 4.69) is 9.47 Å².